The summed E-state index contributed by atoms with van der Waals surface area (Å²) in [7, 11) is 1.53. The molecule has 0 spiro atoms. The van der Waals surface area contributed by atoms with E-state index in [4.69, 9.17) is 5.73 Å². The van der Waals surface area contributed by atoms with Crippen molar-refractivity contribution in [2.45, 2.75) is 19.8 Å². The minimum absolute atomic E-state index is 0.00593. The standard InChI is InChI=1S/C9H13N3O2/c1-5(2)7-6(8(10)13)4-12(3)9(14)11-7/h4-5H,1-3H3,(H2,10,13). The van der Waals surface area contributed by atoms with Crippen molar-refractivity contribution >= 4 is 5.91 Å². The highest BCUT2D eigenvalue weighted by Gasteiger charge is 2.14. The van der Waals surface area contributed by atoms with Crippen LogP contribution >= 0.6 is 0 Å². The average molecular weight is 195 g/mol. The third kappa shape index (κ3) is 1.81. The number of nitrogens with two attached hydrogens (primary N) is 1. The van der Waals surface area contributed by atoms with Crippen LogP contribution in [-0.2, 0) is 7.05 Å². The van der Waals surface area contributed by atoms with Crippen molar-refractivity contribution in [2.24, 2.45) is 12.8 Å². The number of carbonyl (C=O) groups excluding carboxylic acids is 1. The summed E-state index contributed by atoms with van der Waals surface area (Å²) in [5.74, 6) is -0.553. The van der Waals surface area contributed by atoms with E-state index in [9.17, 15) is 9.59 Å². The van der Waals surface area contributed by atoms with E-state index in [0.29, 0.717) is 11.3 Å². The highest BCUT2D eigenvalue weighted by molar-refractivity contribution is 5.93. The number of aromatic nitrogens is 2. The van der Waals surface area contributed by atoms with Crippen molar-refractivity contribution in [2.75, 3.05) is 0 Å². The molecule has 14 heavy (non-hydrogen) atoms. The first-order chi connectivity index (χ1) is 6.43. The van der Waals surface area contributed by atoms with Crippen LogP contribution in [0.1, 0.15) is 35.8 Å². The van der Waals surface area contributed by atoms with E-state index in [1.54, 1.807) is 0 Å². The van der Waals surface area contributed by atoms with Crippen LogP contribution in [0.3, 0.4) is 0 Å². The summed E-state index contributed by atoms with van der Waals surface area (Å²) in [4.78, 5) is 26.1. The fourth-order valence-electron chi connectivity index (χ4n) is 1.19. The van der Waals surface area contributed by atoms with Crippen LogP contribution in [0.25, 0.3) is 0 Å². The van der Waals surface area contributed by atoms with Gasteiger partial charge in [0.2, 0.25) is 0 Å². The van der Waals surface area contributed by atoms with Crippen LogP contribution in [-0.4, -0.2) is 15.5 Å². The molecule has 5 nitrogen and oxygen atoms in total. The summed E-state index contributed by atoms with van der Waals surface area (Å²) in [6.07, 6.45) is 1.42. The van der Waals surface area contributed by atoms with Crippen molar-refractivity contribution in [1.29, 1.82) is 0 Å². The van der Waals surface area contributed by atoms with Crippen molar-refractivity contribution in [3.05, 3.63) is 27.9 Å². The lowest BCUT2D eigenvalue weighted by Crippen LogP contribution is -2.27. The molecule has 0 aliphatic rings. The number of primary amides is 1. The third-order valence-electron chi connectivity index (χ3n) is 1.93. The van der Waals surface area contributed by atoms with Gasteiger partial charge in [0.1, 0.15) is 0 Å². The number of hydrogen-bond acceptors (Lipinski definition) is 3. The predicted molar refractivity (Wildman–Crippen MR) is 52.1 cm³/mol. The molecule has 2 N–H and O–H groups in total. The number of carbonyl (C=O) groups is 1. The molecule has 0 radical (unpaired) electrons. The average Bonchev–Trinajstić information content (AvgIpc) is 2.08. The fourth-order valence-corrected chi connectivity index (χ4v) is 1.19. The molecule has 1 rings (SSSR count). The smallest absolute Gasteiger partial charge is 0.347 e. The minimum Gasteiger partial charge on any atom is -0.365 e. The van der Waals surface area contributed by atoms with E-state index in [1.807, 2.05) is 13.8 Å². The Kier molecular flexibility index (Phi) is 2.69. The number of hydrogen-bond donors (Lipinski definition) is 1. The van der Waals surface area contributed by atoms with Crippen LogP contribution in [0.4, 0.5) is 0 Å². The van der Waals surface area contributed by atoms with Crippen molar-refractivity contribution < 1.29 is 4.79 Å². The number of aryl methyl sites for hydroxylation is 1. The van der Waals surface area contributed by atoms with Crippen molar-refractivity contribution in [3.8, 4) is 0 Å². The van der Waals surface area contributed by atoms with E-state index in [2.05, 4.69) is 4.98 Å². The monoisotopic (exact) mass is 195 g/mol. The van der Waals surface area contributed by atoms with Crippen LogP contribution in [0.5, 0.6) is 0 Å². The Morgan fingerprint density at radius 3 is 2.57 bits per heavy atom. The van der Waals surface area contributed by atoms with Crippen LogP contribution in [0.15, 0.2) is 11.0 Å². The molecule has 0 atom stereocenters. The lowest BCUT2D eigenvalue weighted by atomic mass is 10.1. The molecule has 76 valence electrons. The quantitative estimate of drug-likeness (QED) is 0.721. The summed E-state index contributed by atoms with van der Waals surface area (Å²) in [5.41, 5.74) is 5.57. The minimum atomic E-state index is -0.559. The number of nitrogens with zero attached hydrogens (tertiary/aromatic N) is 2. The molecule has 1 aromatic rings. The molecule has 0 aliphatic heterocycles. The largest absolute Gasteiger partial charge is 0.365 e. The van der Waals surface area contributed by atoms with Gasteiger partial charge in [0, 0.05) is 13.2 Å². The molecule has 0 unspecified atom stereocenters. The van der Waals surface area contributed by atoms with Gasteiger partial charge in [-0.3, -0.25) is 4.79 Å². The van der Waals surface area contributed by atoms with Gasteiger partial charge in [-0.15, -0.1) is 0 Å². The van der Waals surface area contributed by atoms with Crippen LogP contribution in [0, 0.1) is 0 Å². The molecule has 5 heteroatoms. The molecular weight excluding hydrogens is 182 g/mol. The first kappa shape index (κ1) is 10.4. The molecular formula is C9H13N3O2. The Labute approximate surface area is 81.6 Å². The van der Waals surface area contributed by atoms with Gasteiger partial charge in [-0.2, -0.15) is 4.98 Å². The summed E-state index contributed by atoms with van der Waals surface area (Å²) in [6, 6.07) is 0. The number of rotatable bonds is 2. The SMILES string of the molecule is CC(C)c1nc(=O)n(C)cc1C(N)=O. The predicted octanol–water partition coefficient (Wildman–Crippen LogP) is 0.00260. The molecule has 0 fully saturated rings. The molecule has 0 aliphatic carbocycles. The van der Waals surface area contributed by atoms with Crippen molar-refractivity contribution in [3.63, 3.8) is 0 Å². The van der Waals surface area contributed by atoms with E-state index < -0.39 is 5.91 Å². The zero-order chi connectivity index (χ0) is 10.9. The Hall–Kier alpha value is -1.65. The highest BCUT2D eigenvalue weighted by atomic mass is 16.1. The Balaban J connectivity index is 3.47. The van der Waals surface area contributed by atoms with Gasteiger partial charge in [0.25, 0.3) is 5.91 Å². The second-order valence-electron chi connectivity index (χ2n) is 3.45. The Bertz CT molecular complexity index is 421. The van der Waals surface area contributed by atoms with Crippen molar-refractivity contribution in [1.82, 2.24) is 9.55 Å². The summed E-state index contributed by atoms with van der Waals surface area (Å²) in [6.45, 7) is 3.71. The van der Waals surface area contributed by atoms with E-state index in [1.165, 1.54) is 17.8 Å². The van der Waals surface area contributed by atoms with Gasteiger partial charge in [-0.05, 0) is 5.92 Å². The van der Waals surface area contributed by atoms with E-state index in [-0.39, 0.29) is 11.6 Å². The Morgan fingerprint density at radius 2 is 2.14 bits per heavy atom. The second-order valence-corrected chi connectivity index (χ2v) is 3.45. The Morgan fingerprint density at radius 1 is 1.57 bits per heavy atom. The fraction of sp³-hybridized carbons (Fsp3) is 0.444. The topological polar surface area (TPSA) is 78.0 Å². The molecule has 1 aromatic heterocycles. The van der Waals surface area contributed by atoms with Crippen LogP contribution in [0.2, 0.25) is 0 Å². The number of amides is 1. The summed E-state index contributed by atoms with van der Waals surface area (Å²) in [5, 5.41) is 0. The third-order valence-corrected chi connectivity index (χ3v) is 1.93. The maximum Gasteiger partial charge on any atom is 0.347 e. The first-order valence-electron chi connectivity index (χ1n) is 4.31. The normalized spacial score (nSPS) is 10.6. The molecule has 0 bridgehead atoms. The highest BCUT2D eigenvalue weighted by Crippen LogP contribution is 2.13. The first-order valence-corrected chi connectivity index (χ1v) is 4.31. The van der Waals surface area contributed by atoms with Gasteiger partial charge in [-0.1, -0.05) is 13.8 Å². The van der Waals surface area contributed by atoms with Crippen LogP contribution < -0.4 is 11.4 Å². The summed E-state index contributed by atoms with van der Waals surface area (Å²) < 4.78 is 1.24. The second kappa shape index (κ2) is 3.61. The van der Waals surface area contributed by atoms with Gasteiger partial charge in [0.15, 0.2) is 0 Å². The van der Waals surface area contributed by atoms with E-state index >= 15 is 0 Å². The molecule has 1 heterocycles. The lowest BCUT2D eigenvalue weighted by molar-refractivity contribution is 0.0997. The molecule has 0 aromatic carbocycles. The van der Waals surface area contributed by atoms with Gasteiger partial charge < -0.3 is 10.3 Å². The molecule has 1 amide bonds. The molecule has 0 saturated heterocycles. The van der Waals surface area contributed by atoms with Gasteiger partial charge >= 0.3 is 5.69 Å². The maximum absolute atomic E-state index is 11.2. The van der Waals surface area contributed by atoms with E-state index in [0.717, 1.165) is 0 Å². The zero-order valence-corrected chi connectivity index (χ0v) is 8.44. The zero-order valence-electron chi connectivity index (χ0n) is 8.44. The molecule has 0 saturated carbocycles. The maximum atomic E-state index is 11.2. The van der Waals surface area contributed by atoms with Gasteiger partial charge in [-0.25, -0.2) is 4.79 Å². The van der Waals surface area contributed by atoms with Gasteiger partial charge in [0.05, 0.1) is 11.3 Å². The lowest BCUT2D eigenvalue weighted by Gasteiger charge is -2.09. The summed E-state index contributed by atoms with van der Waals surface area (Å²) >= 11 is 0.